The van der Waals surface area contributed by atoms with Crippen LogP contribution in [0.1, 0.15) is 12.5 Å². The Labute approximate surface area is 99.6 Å². The molecular weight excluding hydrogens is 249 g/mol. The van der Waals surface area contributed by atoms with Crippen molar-refractivity contribution in [1.82, 2.24) is 0 Å². The molecule has 0 atom stereocenters. The zero-order chi connectivity index (χ0) is 13.1. The molecule has 0 saturated heterocycles. The Morgan fingerprint density at radius 1 is 1.06 bits per heavy atom. The average molecular weight is 264 g/mol. The van der Waals surface area contributed by atoms with E-state index >= 15 is 0 Å². The zero-order valence-corrected chi connectivity index (χ0v) is 11.0. The van der Waals surface area contributed by atoms with E-state index in [9.17, 15) is 13.2 Å². The molecule has 0 aliphatic heterocycles. The highest BCUT2D eigenvalue weighted by atomic mass is 28.4. The van der Waals surface area contributed by atoms with Gasteiger partial charge in [-0.05, 0) is 23.7 Å². The lowest BCUT2D eigenvalue weighted by atomic mass is 10.2. The smallest absolute Gasteiger partial charge is 0.341 e. The van der Waals surface area contributed by atoms with Gasteiger partial charge < -0.3 is 8.85 Å². The molecule has 1 aromatic rings. The van der Waals surface area contributed by atoms with Crippen molar-refractivity contribution >= 4 is 8.56 Å². The summed E-state index contributed by atoms with van der Waals surface area (Å²) in [6, 6.07) is 2.88. The van der Waals surface area contributed by atoms with Crippen LogP contribution in [0.3, 0.4) is 0 Å². The summed E-state index contributed by atoms with van der Waals surface area (Å²) in [5, 5.41) is 0. The lowest BCUT2D eigenvalue weighted by Crippen LogP contribution is -2.42. The van der Waals surface area contributed by atoms with E-state index in [2.05, 4.69) is 0 Å². The average Bonchev–Trinajstić information content (AvgIpc) is 2.33. The topological polar surface area (TPSA) is 18.5 Å². The van der Waals surface area contributed by atoms with Gasteiger partial charge in [0.2, 0.25) is 0 Å². The fraction of sp³-hybridized carbons (Fsp3) is 0.455. The second kappa shape index (κ2) is 5.66. The van der Waals surface area contributed by atoms with Crippen molar-refractivity contribution in [2.45, 2.75) is 19.0 Å². The molecule has 0 saturated carbocycles. The van der Waals surface area contributed by atoms with Gasteiger partial charge in [0.15, 0.2) is 17.5 Å². The summed E-state index contributed by atoms with van der Waals surface area (Å²) in [4.78, 5) is 0. The number of hydrogen-bond acceptors (Lipinski definition) is 2. The Bertz CT molecular complexity index is 363. The van der Waals surface area contributed by atoms with Crippen LogP contribution >= 0.6 is 0 Å². The molecular formula is C11H15F3O2Si. The summed E-state index contributed by atoms with van der Waals surface area (Å²) in [7, 11) is 0.542. The molecule has 0 spiro atoms. The molecule has 0 heterocycles. The van der Waals surface area contributed by atoms with Crippen LogP contribution in [0.5, 0.6) is 0 Å². The molecule has 0 unspecified atom stereocenters. The molecule has 1 rings (SSSR count). The van der Waals surface area contributed by atoms with Gasteiger partial charge in [-0.15, -0.1) is 0 Å². The molecule has 0 fully saturated rings. The van der Waals surface area contributed by atoms with Crippen LogP contribution < -0.4 is 0 Å². The zero-order valence-electron chi connectivity index (χ0n) is 10.0. The van der Waals surface area contributed by atoms with Crippen LogP contribution in [0.25, 0.3) is 0 Å². The van der Waals surface area contributed by atoms with Crippen molar-refractivity contribution in [3.05, 3.63) is 35.1 Å². The molecule has 2 nitrogen and oxygen atoms in total. The van der Waals surface area contributed by atoms with Gasteiger partial charge in [-0.2, -0.15) is 0 Å². The predicted octanol–water partition coefficient (Wildman–Crippen LogP) is 2.94. The van der Waals surface area contributed by atoms with Crippen molar-refractivity contribution in [2.75, 3.05) is 14.2 Å². The summed E-state index contributed by atoms with van der Waals surface area (Å²) in [6.45, 7) is 1.88. The van der Waals surface area contributed by atoms with Crippen LogP contribution in [0.2, 0.25) is 6.04 Å². The van der Waals surface area contributed by atoms with Crippen molar-refractivity contribution in [3.8, 4) is 0 Å². The molecule has 0 N–H and O–H groups in total. The normalized spacial score (nSPS) is 11.9. The lowest BCUT2D eigenvalue weighted by molar-refractivity contribution is 0.242. The Balaban J connectivity index is 3.02. The number of benzene rings is 1. The van der Waals surface area contributed by atoms with Gasteiger partial charge in [0.1, 0.15) is 0 Å². The fourth-order valence-electron chi connectivity index (χ4n) is 1.66. The third-order valence-electron chi connectivity index (χ3n) is 2.80. The van der Waals surface area contributed by atoms with Crippen molar-refractivity contribution in [1.29, 1.82) is 0 Å². The first kappa shape index (κ1) is 14.2. The van der Waals surface area contributed by atoms with E-state index in [0.29, 0.717) is 11.6 Å². The highest BCUT2D eigenvalue weighted by Crippen LogP contribution is 2.21. The van der Waals surface area contributed by atoms with Crippen LogP contribution in [0.15, 0.2) is 12.1 Å². The molecule has 0 aliphatic carbocycles. The molecule has 1 aromatic carbocycles. The van der Waals surface area contributed by atoms with Gasteiger partial charge >= 0.3 is 8.56 Å². The van der Waals surface area contributed by atoms with Crippen molar-refractivity contribution < 1.29 is 22.0 Å². The van der Waals surface area contributed by atoms with E-state index in [0.717, 1.165) is 12.1 Å². The second-order valence-electron chi connectivity index (χ2n) is 3.72. The van der Waals surface area contributed by atoms with Crippen LogP contribution in [-0.2, 0) is 14.9 Å². The molecule has 0 amide bonds. The van der Waals surface area contributed by atoms with E-state index in [1.807, 2.05) is 6.92 Å². The van der Waals surface area contributed by atoms with Gasteiger partial charge in [-0.25, -0.2) is 13.2 Å². The third-order valence-corrected chi connectivity index (χ3v) is 6.31. The minimum Gasteiger partial charge on any atom is -0.397 e. The Kier molecular flexibility index (Phi) is 4.73. The van der Waals surface area contributed by atoms with Crippen LogP contribution in [0.4, 0.5) is 13.2 Å². The van der Waals surface area contributed by atoms with Crippen LogP contribution in [0, 0.1) is 17.5 Å². The summed E-state index contributed by atoms with van der Waals surface area (Å²) in [5.74, 6) is -3.83. The molecule has 17 heavy (non-hydrogen) atoms. The quantitative estimate of drug-likeness (QED) is 0.601. The van der Waals surface area contributed by atoms with Gasteiger partial charge in [-0.3, -0.25) is 0 Å². The summed E-state index contributed by atoms with van der Waals surface area (Å²) in [5.41, 5.74) is 0.346. The molecule has 0 bridgehead atoms. The van der Waals surface area contributed by atoms with E-state index < -0.39 is 26.0 Å². The Morgan fingerprint density at radius 2 is 1.53 bits per heavy atom. The molecule has 0 aliphatic rings. The van der Waals surface area contributed by atoms with E-state index in [1.165, 1.54) is 14.2 Å². The highest BCUT2D eigenvalue weighted by Gasteiger charge is 2.34. The maximum absolute atomic E-state index is 13.0. The SMILES string of the molecule is CC[Si](Cc1cc(F)c(F)c(F)c1)(OC)OC. The summed E-state index contributed by atoms with van der Waals surface area (Å²) < 4.78 is 49.5. The first-order valence-electron chi connectivity index (χ1n) is 5.21. The van der Waals surface area contributed by atoms with E-state index in [1.54, 1.807) is 0 Å². The Morgan fingerprint density at radius 3 is 1.88 bits per heavy atom. The standard InChI is InChI=1S/C11H15F3O2Si/c1-4-17(15-2,16-3)7-8-5-9(12)11(14)10(13)6-8/h5-6H,4,7H2,1-3H3. The first-order chi connectivity index (χ1) is 7.98. The molecule has 6 heteroatoms. The van der Waals surface area contributed by atoms with Crippen molar-refractivity contribution in [3.63, 3.8) is 0 Å². The number of rotatable bonds is 5. The number of hydrogen-bond donors (Lipinski definition) is 0. The summed E-state index contributed by atoms with van der Waals surface area (Å²) >= 11 is 0. The predicted molar refractivity (Wildman–Crippen MR) is 60.3 cm³/mol. The maximum atomic E-state index is 13.0. The van der Waals surface area contributed by atoms with Gasteiger partial charge in [0.25, 0.3) is 0 Å². The summed E-state index contributed by atoms with van der Waals surface area (Å²) in [6.07, 6.45) is 0. The van der Waals surface area contributed by atoms with Crippen molar-refractivity contribution in [2.24, 2.45) is 0 Å². The van der Waals surface area contributed by atoms with Gasteiger partial charge in [0, 0.05) is 20.3 Å². The van der Waals surface area contributed by atoms with Gasteiger partial charge in [0.05, 0.1) is 0 Å². The molecule has 96 valence electrons. The molecule has 0 radical (unpaired) electrons. The first-order valence-corrected chi connectivity index (χ1v) is 7.44. The van der Waals surface area contributed by atoms with Crippen LogP contribution in [-0.4, -0.2) is 22.8 Å². The minimum atomic E-state index is -2.48. The maximum Gasteiger partial charge on any atom is 0.341 e. The third kappa shape index (κ3) is 3.08. The van der Waals surface area contributed by atoms with E-state index in [-0.39, 0.29) is 6.04 Å². The van der Waals surface area contributed by atoms with Gasteiger partial charge in [-0.1, -0.05) is 6.92 Å². The monoisotopic (exact) mass is 264 g/mol. The molecule has 0 aromatic heterocycles. The Hall–Kier alpha value is -0.853. The minimum absolute atomic E-state index is 0.282. The van der Waals surface area contributed by atoms with E-state index in [4.69, 9.17) is 8.85 Å². The largest absolute Gasteiger partial charge is 0.397 e. The fourth-order valence-corrected chi connectivity index (χ4v) is 3.77. The highest BCUT2D eigenvalue weighted by molar-refractivity contribution is 6.66. The lowest BCUT2D eigenvalue weighted by Gasteiger charge is -2.26. The number of halogens is 3. The second-order valence-corrected chi connectivity index (χ2v) is 7.42.